The Morgan fingerprint density at radius 3 is 2.70 bits per heavy atom. The average Bonchev–Trinajstić information content (AvgIpc) is 2.47. The number of hydrogen-bond acceptors (Lipinski definition) is 6. The van der Waals surface area contributed by atoms with Crippen LogP contribution in [0.5, 0.6) is 17.4 Å². The summed E-state index contributed by atoms with van der Waals surface area (Å²) in [6, 6.07) is 8.47. The first-order valence-electron chi connectivity index (χ1n) is 6.05. The van der Waals surface area contributed by atoms with Gasteiger partial charge in [0.05, 0.1) is 18.7 Å². The maximum atomic E-state index is 8.86. The van der Waals surface area contributed by atoms with Crippen molar-refractivity contribution in [2.24, 2.45) is 0 Å². The smallest absolute Gasteiger partial charge is 0.224 e. The number of ether oxygens (including phenoxy) is 2. The Balaban J connectivity index is 2.34. The van der Waals surface area contributed by atoms with Crippen molar-refractivity contribution in [1.29, 1.82) is 5.26 Å². The summed E-state index contributed by atoms with van der Waals surface area (Å²) in [5.74, 6) is 2.22. The highest BCUT2D eigenvalue weighted by Crippen LogP contribution is 2.31. The van der Waals surface area contributed by atoms with Crippen molar-refractivity contribution in [3.05, 3.63) is 35.7 Å². The predicted octanol–water partition coefficient (Wildman–Crippen LogP) is 2.29. The number of nitrogens with zero attached hydrogens (tertiary/aromatic N) is 3. The molecule has 0 aliphatic carbocycles. The van der Waals surface area contributed by atoms with E-state index in [-0.39, 0.29) is 0 Å². The van der Waals surface area contributed by atoms with Crippen LogP contribution in [0.4, 0.5) is 5.82 Å². The number of aromatic nitrogens is 2. The van der Waals surface area contributed by atoms with Gasteiger partial charge >= 0.3 is 0 Å². The van der Waals surface area contributed by atoms with Gasteiger partial charge in [0, 0.05) is 18.6 Å². The van der Waals surface area contributed by atoms with Gasteiger partial charge in [-0.25, -0.2) is 4.98 Å². The quantitative estimate of drug-likeness (QED) is 0.916. The standard InChI is InChI=1S/C14H14N4O2/c1-3-13-17-12(16)7-14(18-13)20-10-5-4-9(8-15)6-11(10)19-2/h4-7H,3H2,1-2H3,(H2,16,17,18). The Hall–Kier alpha value is -2.81. The van der Waals surface area contributed by atoms with Gasteiger partial charge in [0.25, 0.3) is 0 Å². The summed E-state index contributed by atoms with van der Waals surface area (Å²) < 4.78 is 10.9. The van der Waals surface area contributed by atoms with E-state index in [1.807, 2.05) is 13.0 Å². The highest BCUT2D eigenvalue weighted by atomic mass is 16.5. The molecular formula is C14H14N4O2. The summed E-state index contributed by atoms with van der Waals surface area (Å²) in [6.07, 6.45) is 0.659. The van der Waals surface area contributed by atoms with Gasteiger partial charge in [-0.05, 0) is 12.1 Å². The highest BCUT2D eigenvalue weighted by Gasteiger charge is 2.09. The van der Waals surface area contributed by atoms with Crippen LogP contribution >= 0.6 is 0 Å². The molecule has 0 unspecified atom stereocenters. The van der Waals surface area contributed by atoms with Crippen LogP contribution in [0, 0.1) is 11.3 Å². The van der Waals surface area contributed by atoms with Crippen LogP contribution in [-0.2, 0) is 6.42 Å². The first-order valence-corrected chi connectivity index (χ1v) is 6.05. The minimum Gasteiger partial charge on any atom is -0.493 e. The summed E-state index contributed by atoms with van der Waals surface area (Å²) in [4.78, 5) is 8.31. The van der Waals surface area contributed by atoms with Crippen molar-refractivity contribution < 1.29 is 9.47 Å². The summed E-state index contributed by atoms with van der Waals surface area (Å²) in [6.45, 7) is 1.93. The molecule has 0 spiro atoms. The van der Waals surface area contributed by atoms with Crippen molar-refractivity contribution in [1.82, 2.24) is 9.97 Å². The zero-order chi connectivity index (χ0) is 14.5. The second-order valence-corrected chi connectivity index (χ2v) is 3.98. The number of methoxy groups -OCH3 is 1. The molecule has 2 aromatic rings. The fourth-order valence-corrected chi connectivity index (χ4v) is 1.64. The van der Waals surface area contributed by atoms with E-state index < -0.39 is 0 Å². The Morgan fingerprint density at radius 2 is 2.05 bits per heavy atom. The number of rotatable bonds is 4. The second-order valence-electron chi connectivity index (χ2n) is 3.98. The van der Waals surface area contributed by atoms with Crippen molar-refractivity contribution >= 4 is 5.82 Å². The number of anilines is 1. The van der Waals surface area contributed by atoms with Gasteiger partial charge in [0.2, 0.25) is 5.88 Å². The monoisotopic (exact) mass is 270 g/mol. The SMILES string of the molecule is CCc1nc(N)cc(Oc2ccc(C#N)cc2OC)n1. The molecule has 0 saturated heterocycles. The van der Waals surface area contributed by atoms with Crippen LogP contribution in [0.1, 0.15) is 18.3 Å². The summed E-state index contributed by atoms with van der Waals surface area (Å²) >= 11 is 0. The molecule has 0 amide bonds. The fourth-order valence-electron chi connectivity index (χ4n) is 1.64. The van der Waals surface area contributed by atoms with Crippen molar-refractivity contribution in [2.75, 3.05) is 12.8 Å². The van der Waals surface area contributed by atoms with Gasteiger partial charge in [-0.15, -0.1) is 0 Å². The van der Waals surface area contributed by atoms with Gasteiger partial charge in [0.1, 0.15) is 11.6 Å². The first kappa shape index (κ1) is 13.6. The Bertz CT molecular complexity index is 665. The molecule has 6 nitrogen and oxygen atoms in total. The minimum absolute atomic E-state index is 0.345. The lowest BCUT2D eigenvalue weighted by molar-refractivity contribution is 0.373. The maximum absolute atomic E-state index is 8.86. The lowest BCUT2D eigenvalue weighted by atomic mass is 10.2. The van der Waals surface area contributed by atoms with Crippen molar-refractivity contribution in [2.45, 2.75) is 13.3 Å². The molecule has 0 aliphatic rings. The minimum atomic E-state index is 0.345. The molecule has 6 heteroatoms. The summed E-state index contributed by atoms with van der Waals surface area (Å²) in [5.41, 5.74) is 6.19. The zero-order valence-corrected chi connectivity index (χ0v) is 11.3. The van der Waals surface area contributed by atoms with Gasteiger partial charge in [-0.2, -0.15) is 10.2 Å². The third-order valence-corrected chi connectivity index (χ3v) is 2.59. The molecule has 2 rings (SSSR count). The largest absolute Gasteiger partial charge is 0.493 e. The van der Waals surface area contributed by atoms with E-state index in [2.05, 4.69) is 9.97 Å². The number of nitriles is 1. The topological polar surface area (TPSA) is 94.1 Å². The normalized spacial score (nSPS) is 9.85. The number of nitrogen functional groups attached to an aromatic ring is 1. The molecule has 0 aliphatic heterocycles. The average molecular weight is 270 g/mol. The molecule has 102 valence electrons. The molecule has 0 atom stereocenters. The van der Waals surface area contributed by atoms with E-state index in [4.69, 9.17) is 20.5 Å². The Morgan fingerprint density at radius 1 is 1.25 bits per heavy atom. The van der Waals surface area contributed by atoms with E-state index in [1.54, 1.807) is 18.2 Å². The van der Waals surface area contributed by atoms with E-state index in [0.29, 0.717) is 41.0 Å². The summed E-state index contributed by atoms with van der Waals surface area (Å²) in [5, 5.41) is 8.86. The molecule has 0 radical (unpaired) electrons. The lowest BCUT2D eigenvalue weighted by Gasteiger charge is -2.10. The molecule has 0 bridgehead atoms. The highest BCUT2D eigenvalue weighted by molar-refractivity contribution is 5.48. The molecule has 1 heterocycles. The molecule has 1 aromatic carbocycles. The number of hydrogen-bond donors (Lipinski definition) is 1. The van der Waals surface area contributed by atoms with Crippen LogP contribution < -0.4 is 15.2 Å². The number of nitrogens with two attached hydrogens (primary N) is 1. The molecule has 1 aromatic heterocycles. The van der Waals surface area contributed by atoms with Crippen LogP contribution in [-0.4, -0.2) is 17.1 Å². The second kappa shape index (κ2) is 5.89. The van der Waals surface area contributed by atoms with Crippen LogP contribution in [0.2, 0.25) is 0 Å². The van der Waals surface area contributed by atoms with Crippen molar-refractivity contribution in [3.8, 4) is 23.4 Å². The third kappa shape index (κ3) is 2.95. The molecule has 2 N–H and O–H groups in total. The Kier molecular flexibility index (Phi) is 4.01. The van der Waals surface area contributed by atoms with Crippen molar-refractivity contribution in [3.63, 3.8) is 0 Å². The molecule has 20 heavy (non-hydrogen) atoms. The van der Waals surface area contributed by atoms with Crippen LogP contribution in [0.25, 0.3) is 0 Å². The van der Waals surface area contributed by atoms with Crippen LogP contribution in [0.3, 0.4) is 0 Å². The lowest BCUT2D eigenvalue weighted by Crippen LogP contribution is -2.01. The zero-order valence-electron chi connectivity index (χ0n) is 11.3. The first-order chi connectivity index (χ1) is 9.66. The third-order valence-electron chi connectivity index (χ3n) is 2.59. The van der Waals surface area contributed by atoms with E-state index in [0.717, 1.165) is 0 Å². The van der Waals surface area contributed by atoms with Gasteiger partial charge in [0.15, 0.2) is 11.5 Å². The van der Waals surface area contributed by atoms with Gasteiger partial charge in [-0.3, -0.25) is 0 Å². The fraction of sp³-hybridized carbons (Fsp3) is 0.214. The van der Waals surface area contributed by atoms with Gasteiger partial charge in [-0.1, -0.05) is 6.92 Å². The van der Waals surface area contributed by atoms with E-state index in [9.17, 15) is 0 Å². The number of benzene rings is 1. The number of aryl methyl sites for hydroxylation is 1. The molecule has 0 saturated carbocycles. The Labute approximate surface area is 116 Å². The maximum Gasteiger partial charge on any atom is 0.224 e. The molecular weight excluding hydrogens is 256 g/mol. The summed E-state index contributed by atoms with van der Waals surface area (Å²) in [7, 11) is 1.51. The van der Waals surface area contributed by atoms with E-state index in [1.165, 1.54) is 13.2 Å². The van der Waals surface area contributed by atoms with Crippen LogP contribution in [0.15, 0.2) is 24.3 Å². The van der Waals surface area contributed by atoms with E-state index >= 15 is 0 Å². The predicted molar refractivity (Wildman–Crippen MR) is 73.6 cm³/mol. The molecule has 0 fully saturated rings. The van der Waals surface area contributed by atoms with Gasteiger partial charge < -0.3 is 15.2 Å².